The average Bonchev–Trinajstić information content (AvgIpc) is 2.24. The van der Waals surface area contributed by atoms with E-state index < -0.39 is 12.1 Å². The highest BCUT2D eigenvalue weighted by molar-refractivity contribution is 5.73. The number of nitrogens with one attached hydrogen (secondary N) is 1. The van der Waals surface area contributed by atoms with Gasteiger partial charge < -0.3 is 10.5 Å². The van der Waals surface area contributed by atoms with Gasteiger partial charge in [0, 0.05) is 5.69 Å². The second-order valence-corrected chi connectivity index (χ2v) is 3.37. The molecule has 0 spiro atoms. The van der Waals surface area contributed by atoms with Gasteiger partial charge in [0.25, 0.3) is 0 Å². The van der Waals surface area contributed by atoms with Crippen molar-refractivity contribution in [2.75, 3.05) is 5.43 Å². The van der Waals surface area contributed by atoms with E-state index in [2.05, 4.69) is 5.43 Å². The number of alkyl halides is 3. The summed E-state index contributed by atoms with van der Waals surface area (Å²) in [7, 11) is 0. The van der Waals surface area contributed by atoms with Gasteiger partial charge in [0.2, 0.25) is 0 Å². The van der Waals surface area contributed by atoms with E-state index in [4.69, 9.17) is 15.7 Å². The first-order valence-electron chi connectivity index (χ1n) is 4.63. The molecule has 1 aromatic rings. The Morgan fingerprint density at radius 3 is 1.83 bits per heavy atom. The first-order chi connectivity index (χ1) is 8.09. The number of nitrogen functional groups attached to an aromatic ring is 1. The summed E-state index contributed by atoms with van der Waals surface area (Å²) < 4.78 is 44.7. The smallest absolute Gasteiger partial charge is 0.475 e. The van der Waals surface area contributed by atoms with Crippen LogP contribution in [0.15, 0.2) is 12.1 Å². The molecule has 0 atom stereocenters. The first-order valence-corrected chi connectivity index (χ1v) is 4.63. The fourth-order valence-electron chi connectivity index (χ4n) is 1.03. The highest BCUT2D eigenvalue weighted by Crippen LogP contribution is 2.17. The average molecular weight is 268 g/mol. The number of hydrazine groups is 1. The molecule has 4 nitrogen and oxygen atoms in total. The molecule has 0 unspecified atom stereocenters. The molecule has 0 aliphatic carbocycles. The number of rotatable bonds is 1. The molecule has 102 valence electrons. The standard InChI is InChI=1S/C8H11FN2.C2HF3O2/c1-5-3-7(11-10)4-6(2)8(5)9;3-2(4,5)1(6)7/h3-4,11H,10H2,1-2H3;(H,6,7). The number of hydrogen-bond donors (Lipinski definition) is 3. The number of nitrogens with two attached hydrogens (primary N) is 1. The van der Waals surface area contributed by atoms with Crippen molar-refractivity contribution >= 4 is 11.7 Å². The van der Waals surface area contributed by atoms with Gasteiger partial charge in [-0.2, -0.15) is 13.2 Å². The lowest BCUT2D eigenvalue weighted by molar-refractivity contribution is -0.192. The van der Waals surface area contributed by atoms with E-state index in [1.54, 1.807) is 26.0 Å². The van der Waals surface area contributed by atoms with Crippen LogP contribution in [0, 0.1) is 19.7 Å². The van der Waals surface area contributed by atoms with Crippen molar-refractivity contribution in [3.05, 3.63) is 29.1 Å². The van der Waals surface area contributed by atoms with Crippen molar-refractivity contribution in [2.45, 2.75) is 20.0 Å². The number of anilines is 1. The van der Waals surface area contributed by atoms with Crippen molar-refractivity contribution in [3.8, 4) is 0 Å². The van der Waals surface area contributed by atoms with Crippen LogP contribution in [0.2, 0.25) is 0 Å². The van der Waals surface area contributed by atoms with Gasteiger partial charge in [0.05, 0.1) is 0 Å². The van der Waals surface area contributed by atoms with Gasteiger partial charge in [0.15, 0.2) is 0 Å². The molecule has 8 heteroatoms. The van der Waals surface area contributed by atoms with E-state index in [0.717, 1.165) is 5.69 Å². The molecule has 1 rings (SSSR count). The minimum absolute atomic E-state index is 0.163. The second-order valence-electron chi connectivity index (χ2n) is 3.37. The molecule has 1 aromatic carbocycles. The molecule has 0 heterocycles. The van der Waals surface area contributed by atoms with Crippen molar-refractivity contribution in [2.24, 2.45) is 5.84 Å². The highest BCUT2D eigenvalue weighted by Gasteiger charge is 2.38. The van der Waals surface area contributed by atoms with Crippen molar-refractivity contribution in [3.63, 3.8) is 0 Å². The largest absolute Gasteiger partial charge is 0.490 e. The fourth-order valence-corrected chi connectivity index (χ4v) is 1.03. The molecule has 0 bridgehead atoms. The number of aliphatic carboxylic acids is 1. The van der Waals surface area contributed by atoms with E-state index in [0.29, 0.717) is 11.1 Å². The van der Waals surface area contributed by atoms with Crippen LogP contribution in [0.4, 0.5) is 23.2 Å². The van der Waals surface area contributed by atoms with Crippen LogP contribution in [0.1, 0.15) is 11.1 Å². The third-order valence-corrected chi connectivity index (χ3v) is 1.85. The molecule has 0 aliphatic heterocycles. The van der Waals surface area contributed by atoms with E-state index in [1.807, 2.05) is 0 Å². The van der Waals surface area contributed by atoms with Crippen LogP contribution < -0.4 is 11.3 Å². The van der Waals surface area contributed by atoms with E-state index in [1.165, 1.54) is 0 Å². The van der Waals surface area contributed by atoms with Gasteiger partial charge in [-0.05, 0) is 37.1 Å². The van der Waals surface area contributed by atoms with Gasteiger partial charge >= 0.3 is 12.1 Å². The predicted octanol–water partition coefficient (Wildman–Crippen LogP) is 2.36. The van der Waals surface area contributed by atoms with Crippen molar-refractivity contribution < 1.29 is 27.5 Å². The molecular formula is C10H12F4N2O2. The van der Waals surface area contributed by atoms with Crippen LogP contribution in [0.5, 0.6) is 0 Å². The lowest BCUT2D eigenvalue weighted by Crippen LogP contribution is -2.21. The maximum Gasteiger partial charge on any atom is 0.490 e. The third kappa shape index (κ3) is 5.00. The molecule has 0 saturated heterocycles. The first kappa shape index (κ1) is 16.2. The van der Waals surface area contributed by atoms with Gasteiger partial charge in [-0.1, -0.05) is 0 Å². The maximum atomic E-state index is 13.0. The summed E-state index contributed by atoms with van der Waals surface area (Å²) in [5.41, 5.74) is 4.43. The molecule has 0 aromatic heterocycles. The Kier molecular flexibility index (Phi) is 5.57. The molecule has 0 amide bonds. The Bertz CT molecular complexity index is 409. The van der Waals surface area contributed by atoms with Crippen molar-refractivity contribution in [1.29, 1.82) is 0 Å². The maximum absolute atomic E-state index is 13.0. The molecule has 0 fully saturated rings. The van der Waals surface area contributed by atoms with E-state index in [-0.39, 0.29) is 5.82 Å². The Labute approximate surface area is 100 Å². The third-order valence-electron chi connectivity index (χ3n) is 1.85. The van der Waals surface area contributed by atoms with Gasteiger partial charge in [-0.25, -0.2) is 9.18 Å². The zero-order valence-corrected chi connectivity index (χ0v) is 9.60. The lowest BCUT2D eigenvalue weighted by atomic mass is 10.1. The fraction of sp³-hybridized carbons (Fsp3) is 0.300. The number of halogens is 4. The number of carboxylic acid groups (broad SMARTS) is 1. The molecule has 18 heavy (non-hydrogen) atoms. The summed E-state index contributed by atoms with van der Waals surface area (Å²) in [6.07, 6.45) is -5.08. The van der Waals surface area contributed by atoms with Gasteiger partial charge in [-0.15, -0.1) is 0 Å². The van der Waals surface area contributed by atoms with Gasteiger partial charge in [0.1, 0.15) is 5.82 Å². The Balaban J connectivity index is 0.000000360. The monoisotopic (exact) mass is 268 g/mol. The summed E-state index contributed by atoms with van der Waals surface area (Å²) in [6, 6.07) is 3.34. The number of hydrogen-bond acceptors (Lipinski definition) is 3. The highest BCUT2D eigenvalue weighted by atomic mass is 19.4. The summed E-state index contributed by atoms with van der Waals surface area (Å²) in [5.74, 6) is 2.25. The summed E-state index contributed by atoms with van der Waals surface area (Å²) in [4.78, 5) is 8.90. The molecule has 0 saturated carbocycles. The Morgan fingerprint density at radius 1 is 1.28 bits per heavy atom. The molecule has 0 aliphatic rings. The minimum Gasteiger partial charge on any atom is -0.475 e. The zero-order valence-electron chi connectivity index (χ0n) is 9.60. The van der Waals surface area contributed by atoms with Crippen LogP contribution in [-0.2, 0) is 4.79 Å². The SMILES string of the molecule is Cc1cc(NN)cc(C)c1F.O=C(O)C(F)(F)F. The van der Waals surface area contributed by atoms with Crippen LogP contribution in [0.3, 0.4) is 0 Å². The quantitative estimate of drug-likeness (QED) is 0.415. The minimum atomic E-state index is -5.08. The topological polar surface area (TPSA) is 75.3 Å². The normalized spacial score (nSPS) is 10.4. The number of carbonyl (C=O) groups is 1. The zero-order chi connectivity index (χ0) is 14.5. The van der Waals surface area contributed by atoms with Crippen LogP contribution in [0.25, 0.3) is 0 Å². The summed E-state index contributed by atoms with van der Waals surface area (Å²) in [5, 5.41) is 7.12. The number of benzene rings is 1. The van der Waals surface area contributed by atoms with E-state index in [9.17, 15) is 17.6 Å². The van der Waals surface area contributed by atoms with Gasteiger partial charge in [-0.3, -0.25) is 5.84 Å². The second kappa shape index (κ2) is 6.20. The molecule has 0 radical (unpaired) electrons. The Morgan fingerprint density at radius 2 is 1.61 bits per heavy atom. The lowest BCUT2D eigenvalue weighted by Gasteiger charge is -2.04. The van der Waals surface area contributed by atoms with Crippen LogP contribution in [-0.4, -0.2) is 17.3 Å². The van der Waals surface area contributed by atoms with Crippen LogP contribution >= 0.6 is 0 Å². The van der Waals surface area contributed by atoms with Crippen molar-refractivity contribution in [1.82, 2.24) is 0 Å². The molecule has 4 N–H and O–H groups in total. The number of carboxylic acids is 1. The number of aryl methyl sites for hydroxylation is 2. The Hall–Kier alpha value is -1.83. The van der Waals surface area contributed by atoms with E-state index >= 15 is 0 Å². The summed E-state index contributed by atoms with van der Waals surface area (Å²) in [6.45, 7) is 3.42. The predicted molar refractivity (Wildman–Crippen MR) is 57.4 cm³/mol. The molecular weight excluding hydrogens is 256 g/mol. The summed E-state index contributed by atoms with van der Waals surface area (Å²) >= 11 is 0.